The van der Waals surface area contributed by atoms with E-state index < -0.39 is 0 Å². The third-order valence-corrected chi connectivity index (χ3v) is 5.66. The van der Waals surface area contributed by atoms with E-state index in [9.17, 15) is 4.79 Å². The molecule has 0 radical (unpaired) electrons. The van der Waals surface area contributed by atoms with Crippen LogP contribution in [0.3, 0.4) is 0 Å². The maximum absolute atomic E-state index is 13.0. The minimum Gasteiger partial charge on any atom is -0.348 e. The molecular formula is C19H21N5OS. The lowest BCUT2D eigenvalue weighted by Gasteiger charge is -2.18. The molecule has 2 atom stereocenters. The van der Waals surface area contributed by atoms with Gasteiger partial charge in [-0.2, -0.15) is 0 Å². The molecule has 0 aliphatic carbocycles. The molecule has 26 heavy (non-hydrogen) atoms. The number of anilines is 1. The molecule has 0 spiro atoms. The molecule has 1 amide bonds. The van der Waals surface area contributed by atoms with E-state index in [2.05, 4.69) is 27.2 Å². The van der Waals surface area contributed by atoms with Gasteiger partial charge in [-0.15, -0.1) is 11.3 Å². The Morgan fingerprint density at radius 2 is 2.27 bits per heavy atom. The molecule has 1 aliphatic rings. The highest BCUT2D eigenvalue weighted by Gasteiger charge is 2.27. The number of nitrogens with zero attached hydrogens (tertiary/aromatic N) is 4. The van der Waals surface area contributed by atoms with Gasteiger partial charge in [0, 0.05) is 25.5 Å². The summed E-state index contributed by atoms with van der Waals surface area (Å²) in [6.45, 7) is 5.80. The van der Waals surface area contributed by atoms with E-state index in [1.54, 1.807) is 6.20 Å². The largest absolute Gasteiger partial charge is 0.348 e. The first-order chi connectivity index (χ1) is 12.6. The van der Waals surface area contributed by atoms with Crippen molar-refractivity contribution < 1.29 is 4.79 Å². The van der Waals surface area contributed by atoms with Crippen LogP contribution in [-0.2, 0) is 0 Å². The van der Waals surface area contributed by atoms with Crippen molar-refractivity contribution >= 4 is 33.4 Å². The first-order valence-corrected chi connectivity index (χ1v) is 9.71. The van der Waals surface area contributed by atoms with Gasteiger partial charge >= 0.3 is 0 Å². The summed E-state index contributed by atoms with van der Waals surface area (Å²) in [4.78, 5) is 28.2. The number of hydrogen-bond acceptors (Lipinski definition) is 6. The maximum atomic E-state index is 13.0. The van der Waals surface area contributed by atoms with Gasteiger partial charge < -0.3 is 10.2 Å². The number of thiophene rings is 1. The van der Waals surface area contributed by atoms with Gasteiger partial charge in [-0.3, -0.25) is 9.78 Å². The van der Waals surface area contributed by atoms with Crippen molar-refractivity contribution in [3.8, 4) is 0 Å². The summed E-state index contributed by atoms with van der Waals surface area (Å²) in [5, 5.41) is 5.26. The van der Waals surface area contributed by atoms with E-state index in [0.29, 0.717) is 17.6 Å². The van der Waals surface area contributed by atoms with Gasteiger partial charge in [0.1, 0.15) is 0 Å². The van der Waals surface area contributed by atoms with E-state index in [1.165, 1.54) is 11.3 Å². The molecule has 134 valence electrons. The minimum absolute atomic E-state index is 0.00119. The number of aromatic nitrogens is 3. The molecule has 3 aromatic heterocycles. The summed E-state index contributed by atoms with van der Waals surface area (Å²) in [6, 6.07) is 5.84. The summed E-state index contributed by atoms with van der Waals surface area (Å²) in [5.41, 5.74) is 2.35. The van der Waals surface area contributed by atoms with E-state index in [1.807, 2.05) is 41.6 Å². The Balaban J connectivity index is 1.65. The molecule has 0 saturated carbocycles. The predicted octanol–water partition coefficient (Wildman–Crippen LogP) is 3.74. The Hall–Kier alpha value is -2.54. The lowest BCUT2D eigenvalue weighted by atomic mass is 10.1. The van der Waals surface area contributed by atoms with Crippen molar-refractivity contribution in [1.82, 2.24) is 19.9 Å². The van der Waals surface area contributed by atoms with Crippen LogP contribution < -0.4 is 5.32 Å². The molecule has 1 aliphatic heterocycles. The fourth-order valence-corrected chi connectivity index (χ4v) is 4.06. The average molecular weight is 367 g/mol. The monoisotopic (exact) mass is 367 g/mol. The van der Waals surface area contributed by atoms with E-state index in [-0.39, 0.29) is 11.9 Å². The molecule has 0 bridgehead atoms. The first-order valence-electron chi connectivity index (χ1n) is 8.83. The molecule has 1 fully saturated rings. The van der Waals surface area contributed by atoms with Crippen LogP contribution in [0.5, 0.6) is 0 Å². The van der Waals surface area contributed by atoms with Gasteiger partial charge in [-0.1, -0.05) is 13.0 Å². The highest BCUT2D eigenvalue weighted by atomic mass is 32.1. The van der Waals surface area contributed by atoms with Crippen LogP contribution in [0.15, 0.2) is 36.0 Å². The van der Waals surface area contributed by atoms with Crippen LogP contribution >= 0.6 is 11.3 Å². The number of pyridine rings is 1. The minimum atomic E-state index is -0.00505. The van der Waals surface area contributed by atoms with Crippen molar-refractivity contribution in [1.29, 1.82) is 0 Å². The van der Waals surface area contributed by atoms with Gasteiger partial charge in [0.25, 0.3) is 5.91 Å². The molecule has 6 nitrogen and oxygen atoms in total. The van der Waals surface area contributed by atoms with Crippen LogP contribution in [0.25, 0.3) is 10.2 Å². The van der Waals surface area contributed by atoms with E-state index in [0.717, 1.165) is 35.3 Å². The molecule has 3 aromatic rings. The SMILES string of the molecule is C[C@@H]1CCN(C(=O)c2nc(N[C@@H](C)c3cccnc3)nc3ccsc23)C1. The second kappa shape index (κ2) is 6.99. The van der Waals surface area contributed by atoms with Crippen LogP contribution in [0.4, 0.5) is 5.95 Å². The highest BCUT2D eigenvalue weighted by molar-refractivity contribution is 7.17. The summed E-state index contributed by atoms with van der Waals surface area (Å²) in [5.74, 6) is 1.02. The lowest BCUT2D eigenvalue weighted by Crippen LogP contribution is -2.29. The number of fused-ring (bicyclic) bond motifs is 1. The van der Waals surface area contributed by atoms with Gasteiger partial charge in [-0.25, -0.2) is 9.97 Å². The van der Waals surface area contributed by atoms with Crippen molar-refractivity contribution in [2.45, 2.75) is 26.3 Å². The second-order valence-corrected chi connectivity index (χ2v) is 7.74. The molecule has 0 aromatic carbocycles. The number of nitrogens with one attached hydrogen (secondary N) is 1. The lowest BCUT2D eigenvalue weighted by molar-refractivity contribution is 0.0784. The fourth-order valence-electron chi connectivity index (χ4n) is 3.25. The summed E-state index contributed by atoms with van der Waals surface area (Å²) in [7, 11) is 0. The summed E-state index contributed by atoms with van der Waals surface area (Å²) < 4.78 is 0.856. The Kier molecular flexibility index (Phi) is 4.55. The third-order valence-electron chi connectivity index (χ3n) is 4.75. The number of carbonyl (C=O) groups is 1. The van der Waals surface area contributed by atoms with Crippen molar-refractivity contribution in [2.75, 3.05) is 18.4 Å². The third kappa shape index (κ3) is 3.26. The Morgan fingerprint density at radius 3 is 3.00 bits per heavy atom. The molecule has 4 heterocycles. The quantitative estimate of drug-likeness (QED) is 0.760. The summed E-state index contributed by atoms with van der Waals surface area (Å²) >= 11 is 1.52. The number of rotatable bonds is 4. The Morgan fingerprint density at radius 1 is 1.38 bits per heavy atom. The molecule has 0 unspecified atom stereocenters. The van der Waals surface area contributed by atoms with Crippen molar-refractivity contribution in [2.24, 2.45) is 5.92 Å². The van der Waals surface area contributed by atoms with Gasteiger partial charge in [0.15, 0.2) is 5.69 Å². The van der Waals surface area contributed by atoms with Crippen molar-refractivity contribution in [3.05, 3.63) is 47.2 Å². The number of likely N-dealkylation sites (tertiary alicyclic amines) is 1. The standard InChI is InChI=1S/C19H21N5OS/c1-12-5-8-24(11-12)18(25)16-17-15(6-9-26-17)22-19(23-16)21-13(2)14-4-3-7-20-10-14/h3-4,6-7,9-10,12-13H,5,8,11H2,1-2H3,(H,21,22,23)/t12-,13+/m1/s1. The Labute approximate surface area is 156 Å². The second-order valence-electron chi connectivity index (χ2n) is 6.83. The van der Waals surface area contributed by atoms with Gasteiger partial charge in [0.05, 0.1) is 16.3 Å². The molecular weight excluding hydrogens is 346 g/mol. The zero-order valence-corrected chi connectivity index (χ0v) is 15.7. The highest BCUT2D eigenvalue weighted by Crippen LogP contribution is 2.27. The van der Waals surface area contributed by atoms with Crippen LogP contribution in [0.2, 0.25) is 0 Å². The maximum Gasteiger partial charge on any atom is 0.274 e. The molecule has 4 rings (SSSR count). The molecule has 7 heteroatoms. The van der Waals surface area contributed by atoms with Gasteiger partial charge in [-0.05, 0) is 42.3 Å². The Bertz CT molecular complexity index is 926. The first kappa shape index (κ1) is 16.9. The number of hydrogen-bond donors (Lipinski definition) is 1. The fraction of sp³-hybridized carbons (Fsp3) is 0.368. The summed E-state index contributed by atoms with van der Waals surface area (Å²) in [6.07, 6.45) is 4.62. The number of amides is 1. The van der Waals surface area contributed by atoms with Crippen LogP contribution in [0.1, 0.15) is 42.4 Å². The zero-order chi connectivity index (χ0) is 18.1. The average Bonchev–Trinajstić information content (AvgIpc) is 3.30. The topological polar surface area (TPSA) is 71.0 Å². The van der Waals surface area contributed by atoms with E-state index >= 15 is 0 Å². The molecule has 1 saturated heterocycles. The normalized spacial score (nSPS) is 18.2. The van der Waals surface area contributed by atoms with Gasteiger partial charge in [0.2, 0.25) is 5.95 Å². The zero-order valence-electron chi connectivity index (χ0n) is 14.8. The smallest absolute Gasteiger partial charge is 0.274 e. The van der Waals surface area contributed by atoms with Crippen LogP contribution in [-0.4, -0.2) is 38.8 Å². The predicted molar refractivity (Wildman–Crippen MR) is 103 cm³/mol. The van der Waals surface area contributed by atoms with Crippen LogP contribution in [0, 0.1) is 5.92 Å². The van der Waals surface area contributed by atoms with Crippen molar-refractivity contribution in [3.63, 3.8) is 0 Å². The van der Waals surface area contributed by atoms with E-state index in [4.69, 9.17) is 0 Å². The molecule has 1 N–H and O–H groups in total. The number of carbonyl (C=O) groups excluding carboxylic acids is 1.